The Hall–Kier alpha value is -2.42. The van der Waals surface area contributed by atoms with Gasteiger partial charge in [0, 0.05) is 25.5 Å². The van der Waals surface area contributed by atoms with Crippen LogP contribution in [0.5, 0.6) is 0 Å². The number of anilines is 1. The van der Waals surface area contributed by atoms with Crippen LogP contribution in [0.15, 0.2) is 12.4 Å². The van der Waals surface area contributed by atoms with Gasteiger partial charge in [-0.2, -0.15) is 0 Å². The van der Waals surface area contributed by atoms with Gasteiger partial charge in [0.05, 0.1) is 24.3 Å². The Labute approximate surface area is 145 Å². The van der Waals surface area contributed by atoms with Gasteiger partial charge in [-0.1, -0.05) is 19.8 Å². The van der Waals surface area contributed by atoms with Crippen molar-refractivity contribution in [2.24, 2.45) is 0 Å². The molecule has 0 spiro atoms. The third kappa shape index (κ3) is 3.65. The first-order chi connectivity index (χ1) is 12.1. The molecule has 2 amide bonds. The number of hydroxylamine groups is 1. The number of aromatic nitrogens is 2. The molecule has 2 aliphatic rings. The predicted molar refractivity (Wildman–Crippen MR) is 88.4 cm³/mol. The van der Waals surface area contributed by atoms with Gasteiger partial charge < -0.3 is 14.5 Å². The van der Waals surface area contributed by atoms with Crippen LogP contribution < -0.4 is 10.4 Å². The number of rotatable bonds is 6. The lowest BCUT2D eigenvalue weighted by Crippen LogP contribution is -2.49. The van der Waals surface area contributed by atoms with E-state index in [1.807, 2.05) is 4.90 Å². The van der Waals surface area contributed by atoms with Crippen LogP contribution >= 0.6 is 0 Å². The fraction of sp³-hybridized carbons (Fsp3) is 0.625. The highest BCUT2D eigenvalue weighted by molar-refractivity contribution is 5.92. The van der Waals surface area contributed by atoms with Crippen molar-refractivity contribution in [3.63, 3.8) is 0 Å². The molecule has 2 saturated heterocycles. The monoisotopic (exact) mass is 349 g/mol. The van der Waals surface area contributed by atoms with Crippen LogP contribution in [0.1, 0.15) is 43.0 Å². The van der Waals surface area contributed by atoms with Gasteiger partial charge in [-0.15, -0.1) is 0 Å². The van der Waals surface area contributed by atoms with E-state index in [4.69, 9.17) is 9.94 Å². The molecule has 0 aromatic carbocycles. The number of piperazine rings is 1. The van der Waals surface area contributed by atoms with Crippen LogP contribution in [0.3, 0.4) is 0 Å². The predicted octanol–water partition coefficient (Wildman–Crippen LogP) is 1.19. The number of hydrogen-bond acceptors (Lipinski definition) is 7. The van der Waals surface area contributed by atoms with Crippen molar-refractivity contribution < 1.29 is 19.5 Å². The van der Waals surface area contributed by atoms with Crippen LogP contribution in [0, 0.1) is 0 Å². The second-order valence-corrected chi connectivity index (χ2v) is 6.38. The molecule has 2 aliphatic heterocycles. The lowest BCUT2D eigenvalue weighted by molar-refractivity contribution is 0.0705. The molecule has 3 rings (SSSR count). The SMILES string of the molecule is CCCCCOC(=O)N1CC2CC1CN2c1ncc(C(=O)NO)cn1. The zero-order valence-corrected chi connectivity index (χ0v) is 14.2. The van der Waals surface area contributed by atoms with E-state index in [0.717, 1.165) is 25.7 Å². The molecular weight excluding hydrogens is 326 g/mol. The molecular formula is C16H23N5O4. The van der Waals surface area contributed by atoms with E-state index in [1.165, 1.54) is 12.4 Å². The second-order valence-electron chi connectivity index (χ2n) is 6.38. The van der Waals surface area contributed by atoms with E-state index >= 15 is 0 Å². The molecule has 136 valence electrons. The number of nitrogens with zero attached hydrogens (tertiary/aromatic N) is 4. The molecule has 2 unspecified atom stereocenters. The van der Waals surface area contributed by atoms with E-state index in [2.05, 4.69) is 16.9 Å². The van der Waals surface area contributed by atoms with Gasteiger partial charge in [-0.25, -0.2) is 20.2 Å². The third-order valence-electron chi connectivity index (χ3n) is 4.71. The fourth-order valence-electron chi connectivity index (χ4n) is 3.38. The number of fused-ring (bicyclic) bond motifs is 2. The van der Waals surface area contributed by atoms with Crippen molar-refractivity contribution in [2.45, 2.75) is 44.7 Å². The average Bonchev–Trinajstić information content (AvgIpc) is 3.25. The van der Waals surface area contributed by atoms with E-state index in [9.17, 15) is 9.59 Å². The molecule has 1 aromatic heterocycles. The maximum Gasteiger partial charge on any atom is 0.410 e. The highest BCUT2D eigenvalue weighted by Gasteiger charge is 2.46. The van der Waals surface area contributed by atoms with Crippen molar-refractivity contribution in [1.29, 1.82) is 0 Å². The normalized spacial score (nSPS) is 21.5. The second kappa shape index (κ2) is 7.64. The fourth-order valence-corrected chi connectivity index (χ4v) is 3.38. The minimum atomic E-state index is -0.647. The van der Waals surface area contributed by atoms with Crippen molar-refractivity contribution in [3.8, 4) is 0 Å². The molecule has 25 heavy (non-hydrogen) atoms. The summed E-state index contributed by atoms with van der Waals surface area (Å²) in [5, 5.41) is 8.61. The van der Waals surface area contributed by atoms with Crippen LogP contribution in [0.25, 0.3) is 0 Å². The van der Waals surface area contributed by atoms with Gasteiger partial charge in [-0.05, 0) is 12.8 Å². The minimum Gasteiger partial charge on any atom is -0.449 e. The van der Waals surface area contributed by atoms with E-state index in [0.29, 0.717) is 25.6 Å². The lowest BCUT2D eigenvalue weighted by atomic mass is 10.2. The summed E-state index contributed by atoms with van der Waals surface area (Å²) in [6.07, 6.45) is 6.44. The van der Waals surface area contributed by atoms with Crippen LogP contribution in [0.2, 0.25) is 0 Å². The number of amides is 2. The molecule has 1 aromatic rings. The van der Waals surface area contributed by atoms with Crippen molar-refractivity contribution >= 4 is 17.9 Å². The van der Waals surface area contributed by atoms with E-state index < -0.39 is 5.91 Å². The molecule has 9 heteroatoms. The van der Waals surface area contributed by atoms with Gasteiger partial charge in [-0.3, -0.25) is 10.0 Å². The molecule has 0 aliphatic carbocycles. The zero-order chi connectivity index (χ0) is 17.8. The topological polar surface area (TPSA) is 108 Å². The highest BCUT2D eigenvalue weighted by atomic mass is 16.6. The Morgan fingerprint density at radius 3 is 2.64 bits per heavy atom. The highest BCUT2D eigenvalue weighted by Crippen LogP contribution is 2.33. The molecule has 2 atom stereocenters. The first kappa shape index (κ1) is 17.4. The molecule has 9 nitrogen and oxygen atoms in total. The molecule has 2 bridgehead atoms. The largest absolute Gasteiger partial charge is 0.449 e. The Kier molecular flexibility index (Phi) is 5.32. The van der Waals surface area contributed by atoms with Crippen molar-refractivity contribution in [2.75, 3.05) is 24.6 Å². The number of ether oxygens (including phenoxy) is 1. The van der Waals surface area contributed by atoms with Crippen LogP contribution in [0.4, 0.5) is 10.7 Å². The summed E-state index contributed by atoms with van der Waals surface area (Å²) in [6, 6.07) is 0.262. The standard InChI is InChI=1S/C16H23N5O4/c1-2-3-4-5-25-16(23)21-10-12-6-13(21)9-20(12)15-17-7-11(8-18-15)14(22)19-24/h7-8,12-13,24H,2-6,9-10H2,1H3,(H,19,22). The van der Waals surface area contributed by atoms with Gasteiger partial charge in [0.1, 0.15) is 0 Å². The van der Waals surface area contributed by atoms with Gasteiger partial charge in [0.2, 0.25) is 5.95 Å². The minimum absolute atomic E-state index is 0.104. The lowest BCUT2D eigenvalue weighted by Gasteiger charge is -2.33. The van der Waals surface area contributed by atoms with Crippen molar-refractivity contribution in [3.05, 3.63) is 18.0 Å². The summed E-state index contributed by atoms with van der Waals surface area (Å²) >= 11 is 0. The molecule has 0 radical (unpaired) electrons. The third-order valence-corrected chi connectivity index (χ3v) is 4.71. The summed E-state index contributed by atoms with van der Waals surface area (Å²) in [7, 11) is 0. The number of hydrogen-bond donors (Lipinski definition) is 2. The summed E-state index contributed by atoms with van der Waals surface area (Å²) in [4.78, 5) is 35.7. The Morgan fingerprint density at radius 1 is 1.28 bits per heavy atom. The van der Waals surface area contributed by atoms with Crippen molar-refractivity contribution in [1.82, 2.24) is 20.3 Å². The van der Waals surface area contributed by atoms with Gasteiger partial charge in [0.15, 0.2) is 0 Å². The van der Waals surface area contributed by atoms with Crippen LogP contribution in [-0.2, 0) is 4.74 Å². The Balaban J connectivity index is 1.54. The van der Waals surface area contributed by atoms with Gasteiger partial charge in [0.25, 0.3) is 5.91 Å². The molecule has 0 saturated carbocycles. The molecule has 2 fully saturated rings. The maximum atomic E-state index is 12.2. The molecule has 3 heterocycles. The summed E-state index contributed by atoms with van der Waals surface area (Å²) in [5.41, 5.74) is 1.74. The summed E-state index contributed by atoms with van der Waals surface area (Å²) in [6.45, 7) is 3.84. The van der Waals surface area contributed by atoms with E-state index in [-0.39, 0.29) is 23.7 Å². The quantitative estimate of drug-likeness (QED) is 0.451. The van der Waals surface area contributed by atoms with Gasteiger partial charge >= 0.3 is 6.09 Å². The number of unbranched alkanes of at least 4 members (excludes halogenated alkanes) is 2. The maximum absolute atomic E-state index is 12.2. The molecule has 2 N–H and O–H groups in total. The number of likely N-dealkylation sites (tertiary alicyclic amines) is 1. The first-order valence-electron chi connectivity index (χ1n) is 8.60. The van der Waals surface area contributed by atoms with Crippen LogP contribution in [-0.4, -0.2) is 63.9 Å². The zero-order valence-electron chi connectivity index (χ0n) is 14.2. The smallest absolute Gasteiger partial charge is 0.410 e. The number of carbonyl (C=O) groups is 2. The van der Waals surface area contributed by atoms with E-state index in [1.54, 1.807) is 10.4 Å². The Bertz CT molecular complexity index is 623. The summed E-state index contributed by atoms with van der Waals surface area (Å²) < 4.78 is 5.35. The average molecular weight is 349 g/mol. The Morgan fingerprint density at radius 2 is 2.04 bits per heavy atom. The number of carbonyl (C=O) groups excluding carboxylic acids is 2. The number of nitrogens with one attached hydrogen (secondary N) is 1. The summed E-state index contributed by atoms with van der Waals surface area (Å²) in [5.74, 6) is -0.121. The first-order valence-corrected chi connectivity index (χ1v) is 8.60.